The Kier molecular flexibility index (Phi) is 4.38. The SMILES string of the molecule is O=C(c1ccc(=O)[nH]c1)N1C[C@H](O)C[C@H]1c1cccc(C(F)(F)F)c1. The number of aliphatic hydroxyl groups excluding tert-OH is 1. The molecular weight excluding hydrogens is 337 g/mol. The smallest absolute Gasteiger partial charge is 0.391 e. The number of H-pyrrole nitrogens is 1. The highest BCUT2D eigenvalue weighted by Crippen LogP contribution is 2.36. The van der Waals surface area contributed by atoms with E-state index in [0.29, 0.717) is 5.56 Å². The zero-order valence-corrected chi connectivity index (χ0v) is 13.0. The van der Waals surface area contributed by atoms with E-state index >= 15 is 0 Å². The second-order valence-electron chi connectivity index (χ2n) is 5.93. The third-order valence-electron chi connectivity index (χ3n) is 4.17. The van der Waals surface area contributed by atoms with E-state index in [1.165, 1.54) is 35.4 Å². The minimum Gasteiger partial charge on any atom is -0.391 e. The second-order valence-corrected chi connectivity index (χ2v) is 5.93. The molecular formula is C17H15F3N2O3. The first-order valence-electron chi connectivity index (χ1n) is 7.60. The fourth-order valence-corrected chi connectivity index (χ4v) is 2.99. The summed E-state index contributed by atoms with van der Waals surface area (Å²) in [4.78, 5) is 27.5. The molecule has 132 valence electrons. The van der Waals surface area contributed by atoms with Gasteiger partial charge in [0.25, 0.3) is 5.91 Å². The quantitative estimate of drug-likeness (QED) is 0.871. The molecule has 1 aromatic carbocycles. The molecule has 0 aliphatic carbocycles. The van der Waals surface area contributed by atoms with Crippen LogP contribution in [0.5, 0.6) is 0 Å². The molecule has 1 saturated heterocycles. The first-order valence-corrected chi connectivity index (χ1v) is 7.60. The highest BCUT2D eigenvalue weighted by Gasteiger charge is 2.37. The van der Waals surface area contributed by atoms with Gasteiger partial charge in [0.1, 0.15) is 0 Å². The van der Waals surface area contributed by atoms with E-state index in [0.717, 1.165) is 12.1 Å². The number of nitrogens with one attached hydrogen (secondary N) is 1. The van der Waals surface area contributed by atoms with E-state index < -0.39 is 29.8 Å². The van der Waals surface area contributed by atoms with Crippen molar-refractivity contribution in [3.8, 4) is 0 Å². The number of likely N-dealkylation sites (tertiary alicyclic amines) is 1. The lowest BCUT2D eigenvalue weighted by atomic mass is 10.0. The van der Waals surface area contributed by atoms with Crippen LogP contribution >= 0.6 is 0 Å². The molecule has 1 fully saturated rings. The van der Waals surface area contributed by atoms with Gasteiger partial charge in [0.05, 0.1) is 23.3 Å². The molecule has 0 spiro atoms. The molecule has 2 N–H and O–H groups in total. The molecule has 2 heterocycles. The van der Waals surface area contributed by atoms with E-state index in [9.17, 15) is 27.9 Å². The summed E-state index contributed by atoms with van der Waals surface area (Å²) < 4.78 is 38.8. The van der Waals surface area contributed by atoms with Crippen molar-refractivity contribution >= 4 is 5.91 Å². The summed E-state index contributed by atoms with van der Waals surface area (Å²) in [6.07, 6.45) is -3.91. The number of aromatic nitrogens is 1. The molecule has 1 aromatic heterocycles. The fourth-order valence-electron chi connectivity index (χ4n) is 2.99. The maximum atomic E-state index is 12.9. The summed E-state index contributed by atoms with van der Waals surface area (Å²) in [5.41, 5.74) is -0.662. The number of halogens is 3. The zero-order chi connectivity index (χ0) is 18.2. The van der Waals surface area contributed by atoms with Crippen LogP contribution in [0, 0.1) is 0 Å². The summed E-state index contributed by atoms with van der Waals surface area (Å²) in [6, 6.07) is 6.61. The van der Waals surface area contributed by atoms with Crippen molar-refractivity contribution in [2.45, 2.75) is 24.7 Å². The number of β-amino-alcohol motifs (C(OH)–C–C–N with tert-alkyl or cyclic N) is 1. The van der Waals surface area contributed by atoms with Crippen LogP contribution in [0.15, 0.2) is 47.4 Å². The lowest BCUT2D eigenvalue weighted by Gasteiger charge is -2.25. The first kappa shape index (κ1) is 17.2. The van der Waals surface area contributed by atoms with Gasteiger partial charge in [-0.2, -0.15) is 13.2 Å². The molecule has 8 heteroatoms. The number of benzene rings is 1. The predicted molar refractivity (Wildman–Crippen MR) is 82.9 cm³/mol. The van der Waals surface area contributed by atoms with Crippen molar-refractivity contribution in [1.29, 1.82) is 0 Å². The van der Waals surface area contributed by atoms with E-state index in [1.807, 2.05) is 0 Å². The number of carbonyl (C=O) groups is 1. The van der Waals surface area contributed by atoms with Gasteiger partial charge in [0.2, 0.25) is 5.56 Å². The number of pyridine rings is 1. The van der Waals surface area contributed by atoms with Crippen molar-refractivity contribution in [3.63, 3.8) is 0 Å². The van der Waals surface area contributed by atoms with Gasteiger partial charge in [-0.05, 0) is 30.2 Å². The Bertz CT molecular complexity index is 827. The molecule has 0 saturated carbocycles. The molecule has 25 heavy (non-hydrogen) atoms. The van der Waals surface area contributed by atoms with Crippen LogP contribution < -0.4 is 5.56 Å². The highest BCUT2D eigenvalue weighted by atomic mass is 19.4. The minimum atomic E-state index is -4.49. The van der Waals surface area contributed by atoms with Gasteiger partial charge in [-0.1, -0.05) is 12.1 Å². The standard InChI is InChI=1S/C17H15F3N2O3/c18-17(19,20)12-3-1-2-10(6-12)14-7-13(23)9-22(14)16(25)11-4-5-15(24)21-8-11/h1-6,8,13-14,23H,7,9H2,(H,21,24)/t13-,14+/m1/s1. The number of hydrogen-bond acceptors (Lipinski definition) is 3. The second kappa shape index (κ2) is 6.36. The van der Waals surface area contributed by atoms with Gasteiger partial charge in [-0.3, -0.25) is 9.59 Å². The Balaban J connectivity index is 1.93. The van der Waals surface area contributed by atoms with Crippen LogP contribution in [0.3, 0.4) is 0 Å². The molecule has 0 radical (unpaired) electrons. The monoisotopic (exact) mass is 352 g/mol. The summed E-state index contributed by atoms with van der Waals surface area (Å²) in [5.74, 6) is -0.463. The van der Waals surface area contributed by atoms with E-state index in [2.05, 4.69) is 4.98 Å². The maximum Gasteiger partial charge on any atom is 0.416 e. The molecule has 2 atom stereocenters. The number of rotatable bonds is 2. The minimum absolute atomic E-state index is 0.0128. The van der Waals surface area contributed by atoms with Gasteiger partial charge in [0.15, 0.2) is 0 Å². The van der Waals surface area contributed by atoms with E-state index in [-0.39, 0.29) is 24.1 Å². The molecule has 2 aromatic rings. The topological polar surface area (TPSA) is 73.4 Å². The van der Waals surface area contributed by atoms with Gasteiger partial charge < -0.3 is 15.0 Å². The first-order chi connectivity index (χ1) is 11.8. The van der Waals surface area contributed by atoms with Crippen molar-refractivity contribution in [1.82, 2.24) is 9.88 Å². The Morgan fingerprint density at radius 1 is 1.24 bits per heavy atom. The van der Waals surface area contributed by atoms with Gasteiger partial charge >= 0.3 is 6.18 Å². The number of alkyl halides is 3. The van der Waals surface area contributed by atoms with Crippen LogP contribution in [0.1, 0.15) is 33.9 Å². The van der Waals surface area contributed by atoms with Gasteiger partial charge in [-0.15, -0.1) is 0 Å². The lowest BCUT2D eigenvalue weighted by Crippen LogP contribution is -2.32. The van der Waals surface area contributed by atoms with Crippen molar-refractivity contribution in [3.05, 3.63) is 69.6 Å². The average molecular weight is 352 g/mol. The average Bonchev–Trinajstić information content (AvgIpc) is 2.96. The van der Waals surface area contributed by atoms with E-state index in [1.54, 1.807) is 0 Å². The normalized spacial score (nSPS) is 20.7. The Morgan fingerprint density at radius 3 is 2.64 bits per heavy atom. The Labute approximate surface area is 140 Å². The maximum absolute atomic E-state index is 12.9. The highest BCUT2D eigenvalue weighted by molar-refractivity contribution is 5.94. The zero-order valence-electron chi connectivity index (χ0n) is 13.0. The summed E-state index contributed by atoms with van der Waals surface area (Å²) in [7, 11) is 0. The van der Waals surface area contributed by atoms with Crippen LogP contribution in [0.2, 0.25) is 0 Å². The van der Waals surface area contributed by atoms with Crippen molar-refractivity contribution < 1.29 is 23.1 Å². The molecule has 3 rings (SSSR count). The van der Waals surface area contributed by atoms with Crippen molar-refractivity contribution in [2.75, 3.05) is 6.54 Å². The van der Waals surface area contributed by atoms with Gasteiger partial charge in [0, 0.05) is 18.8 Å². The van der Waals surface area contributed by atoms with Crippen molar-refractivity contribution in [2.24, 2.45) is 0 Å². The third kappa shape index (κ3) is 3.58. The molecule has 0 bridgehead atoms. The Morgan fingerprint density at radius 2 is 2.00 bits per heavy atom. The number of amides is 1. The summed E-state index contributed by atoms with van der Waals surface area (Å²) >= 11 is 0. The number of nitrogens with zero attached hydrogens (tertiary/aromatic N) is 1. The molecule has 1 aliphatic rings. The van der Waals surface area contributed by atoms with Crippen LogP contribution in [0.25, 0.3) is 0 Å². The lowest BCUT2D eigenvalue weighted by molar-refractivity contribution is -0.137. The molecule has 0 unspecified atom stereocenters. The largest absolute Gasteiger partial charge is 0.416 e. The molecule has 5 nitrogen and oxygen atoms in total. The third-order valence-corrected chi connectivity index (χ3v) is 4.17. The fraction of sp³-hybridized carbons (Fsp3) is 0.294. The van der Waals surface area contributed by atoms with Crippen LogP contribution in [-0.2, 0) is 6.18 Å². The molecule has 1 amide bonds. The summed E-state index contributed by atoms with van der Waals surface area (Å²) in [6.45, 7) is 0.0128. The Hall–Kier alpha value is -2.61. The number of hydrogen-bond donors (Lipinski definition) is 2. The van der Waals surface area contributed by atoms with Crippen LogP contribution in [0.4, 0.5) is 13.2 Å². The van der Waals surface area contributed by atoms with E-state index in [4.69, 9.17) is 0 Å². The van der Waals surface area contributed by atoms with Crippen LogP contribution in [-0.4, -0.2) is 33.5 Å². The molecule has 1 aliphatic heterocycles. The number of carbonyl (C=O) groups excluding carboxylic acids is 1. The number of aromatic amines is 1. The summed E-state index contributed by atoms with van der Waals surface area (Å²) in [5, 5.41) is 9.93. The van der Waals surface area contributed by atoms with Gasteiger partial charge in [-0.25, -0.2) is 0 Å². The predicted octanol–water partition coefficient (Wildman–Crippen LogP) is 2.34. The number of aliphatic hydroxyl groups is 1.